The minimum atomic E-state index is -1.05. The van der Waals surface area contributed by atoms with Gasteiger partial charge in [-0.15, -0.1) is 0 Å². The van der Waals surface area contributed by atoms with Crippen LogP contribution in [-0.4, -0.2) is 30.6 Å². The number of hydrogen-bond donors (Lipinski definition) is 2. The van der Waals surface area contributed by atoms with Crippen molar-refractivity contribution < 1.29 is 19.4 Å². The molecule has 2 N–H and O–H groups in total. The second-order valence-electron chi connectivity index (χ2n) is 5.07. The van der Waals surface area contributed by atoms with E-state index in [1.165, 1.54) is 13.2 Å². The van der Waals surface area contributed by atoms with Crippen molar-refractivity contribution in [2.45, 2.75) is 20.3 Å². The van der Waals surface area contributed by atoms with Crippen LogP contribution in [0.2, 0.25) is 0 Å². The minimum absolute atomic E-state index is 0.178. The molecule has 21 heavy (non-hydrogen) atoms. The molecule has 5 nitrogen and oxygen atoms in total. The van der Waals surface area contributed by atoms with Gasteiger partial charge >= 0.3 is 5.97 Å². The molecule has 1 amide bonds. The molecule has 0 heterocycles. The maximum absolute atomic E-state index is 12.0. The summed E-state index contributed by atoms with van der Waals surface area (Å²) in [5.41, 5.74) is 1.03. The molecule has 0 aromatic heterocycles. The van der Waals surface area contributed by atoms with Crippen LogP contribution in [0.3, 0.4) is 0 Å². The fraction of sp³-hybridized carbons (Fsp3) is 0.375. The second-order valence-corrected chi connectivity index (χ2v) is 5.07. The van der Waals surface area contributed by atoms with Crippen molar-refractivity contribution in [2.75, 3.05) is 13.7 Å². The molecule has 1 rings (SSSR count). The lowest BCUT2D eigenvalue weighted by Gasteiger charge is -2.09. The summed E-state index contributed by atoms with van der Waals surface area (Å²) in [6, 6.07) is 4.92. The van der Waals surface area contributed by atoms with Crippen molar-refractivity contribution in [1.82, 2.24) is 5.32 Å². The van der Waals surface area contributed by atoms with Gasteiger partial charge in [0.2, 0.25) is 0 Å². The molecule has 0 aliphatic heterocycles. The number of carboxylic acids is 1. The Kier molecular flexibility index (Phi) is 6.46. The Labute approximate surface area is 124 Å². The first kappa shape index (κ1) is 16.8. The Morgan fingerprint density at radius 2 is 2.10 bits per heavy atom. The van der Waals surface area contributed by atoms with Crippen molar-refractivity contribution in [3.63, 3.8) is 0 Å². The normalized spacial score (nSPS) is 10.9. The van der Waals surface area contributed by atoms with Crippen LogP contribution in [0.15, 0.2) is 24.3 Å². The Morgan fingerprint density at radius 3 is 2.67 bits per heavy atom. The van der Waals surface area contributed by atoms with Gasteiger partial charge < -0.3 is 15.2 Å². The van der Waals surface area contributed by atoms with Crippen molar-refractivity contribution in [3.8, 4) is 5.75 Å². The highest BCUT2D eigenvalue weighted by Crippen LogP contribution is 2.21. The van der Waals surface area contributed by atoms with Crippen LogP contribution in [-0.2, 0) is 4.79 Å². The lowest BCUT2D eigenvalue weighted by molar-refractivity contribution is -0.131. The fourth-order valence-corrected chi connectivity index (χ4v) is 1.74. The minimum Gasteiger partial charge on any atom is -0.496 e. The zero-order valence-electron chi connectivity index (χ0n) is 12.6. The molecular formula is C16H21NO4. The zero-order chi connectivity index (χ0) is 15.8. The number of rotatable bonds is 7. The Morgan fingerprint density at radius 1 is 1.38 bits per heavy atom. The molecule has 0 aliphatic rings. The SMILES string of the molecule is COc1ccc(C(=O)NCCC(C)C)cc1C=CC(=O)O. The van der Waals surface area contributed by atoms with E-state index >= 15 is 0 Å². The third-order valence-corrected chi connectivity index (χ3v) is 2.90. The molecule has 0 unspecified atom stereocenters. The number of nitrogens with one attached hydrogen (secondary N) is 1. The number of ether oxygens (including phenoxy) is 1. The van der Waals surface area contributed by atoms with Gasteiger partial charge in [-0.25, -0.2) is 4.79 Å². The van der Waals surface area contributed by atoms with E-state index < -0.39 is 5.97 Å². The van der Waals surface area contributed by atoms with Crippen molar-refractivity contribution >= 4 is 18.0 Å². The van der Waals surface area contributed by atoms with Crippen molar-refractivity contribution in [1.29, 1.82) is 0 Å². The monoisotopic (exact) mass is 291 g/mol. The van der Waals surface area contributed by atoms with Gasteiger partial charge in [-0.1, -0.05) is 13.8 Å². The van der Waals surface area contributed by atoms with E-state index in [1.54, 1.807) is 18.2 Å². The topological polar surface area (TPSA) is 75.6 Å². The molecule has 1 aromatic carbocycles. The number of benzene rings is 1. The molecule has 0 fully saturated rings. The highest BCUT2D eigenvalue weighted by Gasteiger charge is 2.09. The van der Waals surface area contributed by atoms with Crippen molar-refractivity contribution in [2.24, 2.45) is 5.92 Å². The molecule has 5 heteroatoms. The van der Waals surface area contributed by atoms with Gasteiger partial charge in [0.15, 0.2) is 0 Å². The Bertz CT molecular complexity index is 535. The number of methoxy groups -OCH3 is 1. The van der Waals surface area contributed by atoms with Crippen LogP contribution in [0.25, 0.3) is 6.08 Å². The van der Waals surface area contributed by atoms with Crippen LogP contribution < -0.4 is 10.1 Å². The molecule has 0 aliphatic carbocycles. The van der Waals surface area contributed by atoms with Gasteiger partial charge in [-0.2, -0.15) is 0 Å². The molecular weight excluding hydrogens is 270 g/mol. The number of carbonyl (C=O) groups is 2. The van der Waals surface area contributed by atoms with Crippen LogP contribution in [0.1, 0.15) is 36.2 Å². The number of carbonyl (C=O) groups excluding carboxylic acids is 1. The molecule has 0 atom stereocenters. The maximum atomic E-state index is 12.0. The summed E-state index contributed by atoms with van der Waals surface area (Å²) in [4.78, 5) is 22.6. The molecule has 114 valence electrons. The molecule has 0 saturated carbocycles. The summed E-state index contributed by atoms with van der Waals surface area (Å²) in [7, 11) is 1.50. The molecule has 0 saturated heterocycles. The number of carboxylic acid groups (broad SMARTS) is 1. The molecule has 1 aromatic rings. The molecule has 0 radical (unpaired) electrons. The smallest absolute Gasteiger partial charge is 0.328 e. The highest BCUT2D eigenvalue weighted by atomic mass is 16.5. The van der Waals surface area contributed by atoms with Crippen LogP contribution in [0, 0.1) is 5.92 Å². The predicted molar refractivity (Wildman–Crippen MR) is 81.5 cm³/mol. The van der Waals surface area contributed by atoms with E-state index in [2.05, 4.69) is 19.2 Å². The standard InChI is InChI=1S/C16H21NO4/c1-11(2)8-9-17-16(20)13-4-6-14(21-3)12(10-13)5-7-15(18)19/h4-7,10-11H,8-9H2,1-3H3,(H,17,20)(H,18,19). The van der Waals surface area contributed by atoms with Crippen LogP contribution in [0.5, 0.6) is 5.75 Å². The predicted octanol–water partition coefficient (Wildman–Crippen LogP) is 2.57. The average Bonchev–Trinajstić information content (AvgIpc) is 2.44. The summed E-state index contributed by atoms with van der Waals surface area (Å²) in [5.74, 6) is -0.187. The lowest BCUT2D eigenvalue weighted by atomic mass is 10.1. The molecule has 0 spiro atoms. The van der Waals surface area contributed by atoms with E-state index in [1.807, 2.05) is 0 Å². The Balaban J connectivity index is 2.86. The van der Waals surface area contributed by atoms with Gasteiger partial charge in [0.1, 0.15) is 5.75 Å². The number of aliphatic carboxylic acids is 1. The summed E-state index contributed by atoms with van der Waals surface area (Å²) in [5, 5.41) is 11.5. The zero-order valence-corrected chi connectivity index (χ0v) is 12.6. The third-order valence-electron chi connectivity index (χ3n) is 2.90. The first-order valence-corrected chi connectivity index (χ1v) is 6.81. The van der Waals surface area contributed by atoms with Crippen LogP contribution in [0.4, 0.5) is 0 Å². The van der Waals surface area contributed by atoms with E-state index in [4.69, 9.17) is 9.84 Å². The third kappa shape index (κ3) is 5.69. The summed E-state index contributed by atoms with van der Waals surface area (Å²) in [6.07, 6.45) is 3.33. The lowest BCUT2D eigenvalue weighted by Crippen LogP contribution is -2.25. The van der Waals surface area contributed by atoms with Crippen molar-refractivity contribution in [3.05, 3.63) is 35.4 Å². The summed E-state index contributed by atoms with van der Waals surface area (Å²) >= 11 is 0. The summed E-state index contributed by atoms with van der Waals surface area (Å²) < 4.78 is 5.15. The number of amides is 1. The van der Waals surface area contributed by atoms with E-state index in [0.717, 1.165) is 12.5 Å². The largest absolute Gasteiger partial charge is 0.496 e. The Hall–Kier alpha value is -2.30. The first-order chi connectivity index (χ1) is 9.93. The second kappa shape index (κ2) is 8.09. The van der Waals surface area contributed by atoms with E-state index in [-0.39, 0.29) is 5.91 Å². The maximum Gasteiger partial charge on any atom is 0.328 e. The average molecular weight is 291 g/mol. The van der Waals surface area contributed by atoms with Gasteiger partial charge in [-0.05, 0) is 36.6 Å². The van der Waals surface area contributed by atoms with Gasteiger partial charge in [0.25, 0.3) is 5.91 Å². The first-order valence-electron chi connectivity index (χ1n) is 6.81. The number of hydrogen-bond acceptors (Lipinski definition) is 3. The van der Waals surface area contributed by atoms with Gasteiger partial charge in [-0.3, -0.25) is 4.79 Å². The summed E-state index contributed by atoms with van der Waals surface area (Å²) in [6.45, 7) is 4.80. The van der Waals surface area contributed by atoms with Gasteiger partial charge in [0.05, 0.1) is 7.11 Å². The van der Waals surface area contributed by atoms with Crippen LogP contribution >= 0.6 is 0 Å². The van der Waals surface area contributed by atoms with E-state index in [9.17, 15) is 9.59 Å². The highest BCUT2D eigenvalue weighted by molar-refractivity contribution is 5.95. The van der Waals surface area contributed by atoms with E-state index in [0.29, 0.717) is 29.3 Å². The van der Waals surface area contributed by atoms with Gasteiger partial charge in [0, 0.05) is 23.7 Å². The quantitative estimate of drug-likeness (QED) is 0.757. The molecule has 0 bridgehead atoms. The fourth-order valence-electron chi connectivity index (χ4n) is 1.74.